The van der Waals surface area contributed by atoms with Crippen LogP contribution in [0.3, 0.4) is 0 Å². The molecule has 0 aliphatic carbocycles. The molecular weight excluding hydrogens is 230 g/mol. The standard InChI is InChI=1S/C14H19NOS/c16-10-14(5-6-15-9-14)8-12-7-11-3-1-2-4-13(11)17-12/h1-4,12,15-16H,5-10H2. The van der Waals surface area contributed by atoms with E-state index in [1.165, 1.54) is 16.9 Å². The maximum Gasteiger partial charge on any atom is 0.0500 e. The quantitative estimate of drug-likeness (QED) is 0.860. The predicted octanol–water partition coefficient (Wildman–Crippen LogP) is 2.07. The van der Waals surface area contributed by atoms with Crippen LogP contribution >= 0.6 is 11.8 Å². The average Bonchev–Trinajstić information content (AvgIpc) is 2.95. The number of thioether (sulfide) groups is 1. The van der Waals surface area contributed by atoms with Crippen LogP contribution < -0.4 is 5.32 Å². The summed E-state index contributed by atoms with van der Waals surface area (Å²) in [6, 6.07) is 8.70. The summed E-state index contributed by atoms with van der Waals surface area (Å²) in [6.45, 7) is 2.37. The third kappa shape index (κ3) is 2.24. The van der Waals surface area contributed by atoms with Crippen LogP contribution in [0.2, 0.25) is 0 Å². The summed E-state index contributed by atoms with van der Waals surface area (Å²) in [6.07, 6.45) is 3.43. The van der Waals surface area contributed by atoms with Crippen LogP contribution in [0, 0.1) is 5.41 Å². The summed E-state index contributed by atoms with van der Waals surface area (Å²) in [5, 5.41) is 13.7. The molecule has 2 aliphatic heterocycles. The number of nitrogens with one attached hydrogen (secondary N) is 1. The van der Waals surface area contributed by atoms with Crippen LogP contribution in [0.4, 0.5) is 0 Å². The minimum atomic E-state index is 0.139. The summed E-state index contributed by atoms with van der Waals surface area (Å²) < 4.78 is 0. The van der Waals surface area contributed by atoms with E-state index in [1.54, 1.807) is 0 Å². The van der Waals surface area contributed by atoms with E-state index in [9.17, 15) is 5.11 Å². The second kappa shape index (κ2) is 4.63. The third-order valence-corrected chi connectivity index (χ3v) is 5.36. The van der Waals surface area contributed by atoms with Crippen molar-refractivity contribution in [1.82, 2.24) is 5.32 Å². The van der Waals surface area contributed by atoms with Crippen LogP contribution in [0.1, 0.15) is 18.4 Å². The van der Waals surface area contributed by atoms with Crippen LogP contribution in [0.5, 0.6) is 0 Å². The van der Waals surface area contributed by atoms with E-state index in [0.717, 1.165) is 25.9 Å². The lowest BCUT2D eigenvalue weighted by molar-refractivity contribution is 0.133. The van der Waals surface area contributed by atoms with E-state index in [2.05, 4.69) is 29.6 Å². The van der Waals surface area contributed by atoms with Gasteiger partial charge in [-0.05, 0) is 37.4 Å². The smallest absolute Gasteiger partial charge is 0.0500 e. The van der Waals surface area contributed by atoms with Gasteiger partial charge in [0.2, 0.25) is 0 Å². The Labute approximate surface area is 107 Å². The Morgan fingerprint density at radius 2 is 2.29 bits per heavy atom. The van der Waals surface area contributed by atoms with Crippen molar-refractivity contribution < 1.29 is 5.11 Å². The Kier molecular flexibility index (Phi) is 3.16. The van der Waals surface area contributed by atoms with E-state index >= 15 is 0 Å². The summed E-state index contributed by atoms with van der Waals surface area (Å²) in [7, 11) is 0. The molecule has 1 saturated heterocycles. The number of rotatable bonds is 3. The average molecular weight is 249 g/mol. The van der Waals surface area contributed by atoms with Crippen LogP contribution in [0.15, 0.2) is 29.2 Å². The minimum absolute atomic E-state index is 0.139. The highest BCUT2D eigenvalue weighted by molar-refractivity contribution is 8.00. The second-order valence-electron chi connectivity index (χ2n) is 5.34. The molecule has 3 rings (SSSR count). The highest BCUT2D eigenvalue weighted by Crippen LogP contribution is 2.43. The molecule has 1 fully saturated rings. The zero-order valence-corrected chi connectivity index (χ0v) is 10.8. The lowest BCUT2D eigenvalue weighted by atomic mass is 9.82. The van der Waals surface area contributed by atoms with Crippen molar-refractivity contribution in [3.63, 3.8) is 0 Å². The molecule has 2 aliphatic rings. The van der Waals surface area contributed by atoms with Gasteiger partial charge in [-0.3, -0.25) is 0 Å². The monoisotopic (exact) mass is 249 g/mol. The molecule has 2 atom stereocenters. The molecule has 1 aromatic rings. The van der Waals surface area contributed by atoms with Gasteiger partial charge in [-0.25, -0.2) is 0 Å². The number of hydrogen-bond donors (Lipinski definition) is 2. The van der Waals surface area contributed by atoms with Gasteiger partial charge in [0.15, 0.2) is 0 Å². The lowest BCUT2D eigenvalue weighted by Gasteiger charge is -2.28. The van der Waals surface area contributed by atoms with Gasteiger partial charge in [-0.15, -0.1) is 11.8 Å². The minimum Gasteiger partial charge on any atom is -0.396 e. The first-order chi connectivity index (χ1) is 8.31. The van der Waals surface area contributed by atoms with Gasteiger partial charge in [0, 0.05) is 28.7 Å². The summed E-state index contributed by atoms with van der Waals surface area (Å²) in [4.78, 5) is 1.44. The normalized spacial score (nSPS) is 31.7. The Morgan fingerprint density at radius 1 is 1.41 bits per heavy atom. The molecule has 1 aromatic carbocycles. The summed E-state index contributed by atoms with van der Waals surface area (Å²) in [5.74, 6) is 0. The van der Waals surface area contributed by atoms with E-state index in [4.69, 9.17) is 0 Å². The van der Waals surface area contributed by atoms with Gasteiger partial charge in [-0.2, -0.15) is 0 Å². The van der Waals surface area contributed by atoms with Gasteiger partial charge >= 0.3 is 0 Å². The number of fused-ring (bicyclic) bond motifs is 1. The molecule has 2 N–H and O–H groups in total. The topological polar surface area (TPSA) is 32.3 Å². The molecule has 2 nitrogen and oxygen atoms in total. The van der Waals surface area contributed by atoms with Gasteiger partial charge in [0.05, 0.1) is 0 Å². The van der Waals surface area contributed by atoms with Crippen molar-refractivity contribution in [2.75, 3.05) is 19.7 Å². The zero-order chi connectivity index (χ0) is 11.7. The van der Waals surface area contributed by atoms with Crippen molar-refractivity contribution in [1.29, 1.82) is 0 Å². The van der Waals surface area contributed by atoms with E-state index in [1.807, 2.05) is 11.8 Å². The van der Waals surface area contributed by atoms with Crippen molar-refractivity contribution in [3.8, 4) is 0 Å². The van der Waals surface area contributed by atoms with Gasteiger partial charge in [0.1, 0.15) is 0 Å². The molecule has 0 aromatic heterocycles. The molecule has 17 heavy (non-hydrogen) atoms. The highest BCUT2D eigenvalue weighted by Gasteiger charge is 2.37. The maximum absolute atomic E-state index is 9.64. The summed E-state index contributed by atoms with van der Waals surface area (Å²) >= 11 is 2.00. The van der Waals surface area contributed by atoms with Crippen molar-refractivity contribution >= 4 is 11.8 Å². The Balaban J connectivity index is 1.69. The zero-order valence-electron chi connectivity index (χ0n) is 9.98. The largest absolute Gasteiger partial charge is 0.396 e. The van der Waals surface area contributed by atoms with Crippen LogP contribution in [0.25, 0.3) is 0 Å². The molecule has 92 valence electrons. The molecule has 0 radical (unpaired) electrons. The predicted molar refractivity (Wildman–Crippen MR) is 71.4 cm³/mol. The number of aliphatic hydroxyl groups is 1. The molecule has 0 bridgehead atoms. The van der Waals surface area contributed by atoms with E-state index < -0.39 is 0 Å². The van der Waals surface area contributed by atoms with E-state index in [-0.39, 0.29) is 5.41 Å². The van der Waals surface area contributed by atoms with Crippen LogP contribution in [-0.2, 0) is 6.42 Å². The first-order valence-corrected chi connectivity index (χ1v) is 7.25. The Bertz CT molecular complexity index is 376. The SMILES string of the molecule is OCC1(CC2Cc3ccccc3S2)CCNC1. The van der Waals surface area contributed by atoms with Crippen molar-refractivity contribution in [2.24, 2.45) is 5.41 Å². The molecule has 0 spiro atoms. The molecule has 3 heteroatoms. The Hall–Kier alpha value is -0.510. The third-order valence-electron chi connectivity index (χ3n) is 4.04. The second-order valence-corrected chi connectivity index (χ2v) is 6.68. The summed E-state index contributed by atoms with van der Waals surface area (Å²) in [5.41, 5.74) is 1.63. The number of benzene rings is 1. The van der Waals surface area contributed by atoms with Crippen LogP contribution in [-0.4, -0.2) is 30.1 Å². The molecule has 0 amide bonds. The van der Waals surface area contributed by atoms with Crippen molar-refractivity contribution in [2.45, 2.75) is 29.4 Å². The molecule has 2 unspecified atom stereocenters. The van der Waals surface area contributed by atoms with Gasteiger partial charge in [0.25, 0.3) is 0 Å². The molecule has 2 heterocycles. The first-order valence-electron chi connectivity index (χ1n) is 6.37. The molecule has 0 saturated carbocycles. The number of aliphatic hydroxyl groups excluding tert-OH is 1. The number of hydrogen-bond acceptors (Lipinski definition) is 3. The maximum atomic E-state index is 9.64. The van der Waals surface area contributed by atoms with Crippen molar-refractivity contribution in [3.05, 3.63) is 29.8 Å². The van der Waals surface area contributed by atoms with Gasteiger partial charge in [-0.1, -0.05) is 18.2 Å². The van der Waals surface area contributed by atoms with E-state index in [0.29, 0.717) is 11.9 Å². The lowest BCUT2D eigenvalue weighted by Crippen LogP contribution is -2.31. The van der Waals surface area contributed by atoms with Gasteiger partial charge < -0.3 is 10.4 Å². The Morgan fingerprint density at radius 3 is 3.00 bits per heavy atom. The first kappa shape index (κ1) is 11.6. The highest BCUT2D eigenvalue weighted by atomic mass is 32.2. The fraction of sp³-hybridized carbons (Fsp3) is 0.571. The fourth-order valence-corrected chi connectivity index (χ4v) is 4.54. The fourth-order valence-electron chi connectivity index (χ4n) is 3.02. The molecular formula is C14H19NOS.